The molecule has 0 heterocycles. The quantitative estimate of drug-likeness (QED) is 0.746. The van der Waals surface area contributed by atoms with Gasteiger partial charge in [0.2, 0.25) is 0 Å². The highest BCUT2D eigenvalue weighted by atomic mass is 35.5. The Hall–Kier alpha value is -1.79. The molecule has 116 valence electrons. The van der Waals surface area contributed by atoms with E-state index in [2.05, 4.69) is 16.0 Å². The molecule has 0 radical (unpaired) electrons. The van der Waals surface area contributed by atoms with Crippen molar-refractivity contribution in [2.24, 2.45) is 0 Å². The van der Waals surface area contributed by atoms with Crippen molar-refractivity contribution in [2.75, 3.05) is 13.6 Å². The van der Waals surface area contributed by atoms with Crippen LogP contribution in [0.25, 0.3) is 0 Å². The molecule has 3 amide bonds. The van der Waals surface area contributed by atoms with Crippen molar-refractivity contribution in [3.63, 3.8) is 0 Å². The Labute approximate surface area is 129 Å². The number of ether oxygens (including phenoxy) is 1. The SMILES string of the molecule is CCNC(=O)NC(=O)C(C)Oc1ccc(Cl)cc1CNC. The van der Waals surface area contributed by atoms with Gasteiger partial charge in [-0.05, 0) is 39.1 Å². The molecule has 0 aromatic heterocycles. The second-order valence-electron chi connectivity index (χ2n) is 4.39. The third-order valence-corrected chi connectivity index (χ3v) is 2.87. The maximum absolute atomic E-state index is 11.8. The lowest BCUT2D eigenvalue weighted by Crippen LogP contribution is -2.45. The molecule has 0 aliphatic heterocycles. The molecule has 21 heavy (non-hydrogen) atoms. The van der Waals surface area contributed by atoms with E-state index in [1.54, 1.807) is 39.1 Å². The largest absolute Gasteiger partial charge is 0.481 e. The summed E-state index contributed by atoms with van der Waals surface area (Å²) >= 11 is 5.94. The van der Waals surface area contributed by atoms with Crippen molar-refractivity contribution in [1.29, 1.82) is 0 Å². The van der Waals surface area contributed by atoms with Crippen molar-refractivity contribution in [2.45, 2.75) is 26.5 Å². The molecule has 1 aromatic carbocycles. The maximum atomic E-state index is 11.8. The Kier molecular flexibility index (Phi) is 6.98. The van der Waals surface area contributed by atoms with Gasteiger partial charge >= 0.3 is 6.03 Å². The molecule has 0 aliphatic carbocycles. The molecule has 1 atom stereocenters. The van der Waals surface area contributed by atoms with E-state index in [0.717, 1.165) is 5.56 Å². The fourth-order valence-corrected chi connectivity index (χ4v) is 1.85. The van der Waals surface area contributed by atoms with Crippen LogP contribution in [0.4, 0.5) is 4.79 Å². The molecule has 1 rings (SSSR count). The fraction of sp³-hybridized carbons (Fsp3) is 0.429. The smallest absolute Gasteiger partial charge is 0.321 e. The third kappa shape index (κ3) is 5.61. The molecule has 6 nitrogen and oxygen atoms in total. The van der Waals surface area contributed by atoms with E-state index in [0.29, 0.717) is 23.9 Å². The van der Waals surface area contributed by atoms with E-state index in [1.807, 2.05) is 0 Å². The van der Waals surface area contributed by atoms with E-state index in [9.17, 15) is 9.59 Å². The first-order valence-electron chi connectivity index (χ1n) is 6.66. The van der Waals surface area contributed by atoms with Gasteiger partial charge in [-0.1, -0.05) is 11.6 Å². The van der Waals surface area contributed by atoms with Gasteiger partial charge in [-0.2, -0.15) is 0 Å². The van der Waals surface area contributed by atoms with Crippen molar-refractivity contribution >= 4 is 23.5 Å². The highest BCUT2D eigenvalue weighted by Gasteiger charge is 2.18. The average Bonchev–Trinajstić information content (AvgIpc) is 2.42. The van der Waals surface area contributed by atoms with Gasteiger partial charge in [0.15, 0.2) is 6.10 Å². The van der Waals surface area contributed by atoms with Gasteiger partial charge in [-0.15, -0.1) is 0 Å². The van der Waals surface area contributed by atoms with Gasteiger partial charge in [0.05, 0.1) is 0 Å². The number of halogens is 1. The summed E-state index contributed by atoms with van der Waals surface area (Å²) in [5.41, 5.74) is 0.836. The summed E-state index contributed by atoms with van der Waals surface area (Å²) in [5, 5.41) is 8.28. The van der Waals surface area contributed by atoms with Crippen LogP contribution in [0.15, 0.2) is 18.2 Å². The van der Waals surface area contributed by atoms with Crippen molar-refractivity contribution in [3.8, 4) is 5.75 Å². The monoisotopic (exact) mass is 313 g/mol. The Morgan fingerprint density at radius 3 is 2.71 bits per heavy atom. The van der Waals surface area contributed by atoms with Gasteiger partial charge in [-0.25, -0.2) is 4.79 Å². The van der Waals surface area contributed by atoms with E-state index >= 15 is 0 Å². The molecule has 0 spiro atoms. The van der Waals surface area contributed by atoms with E-state index in [1.165, 1.54) is 0 Å². The topological polar surface area (TPSA) is 79.5 Å². The Morgan fingerprint density at radius 2 is 2.10 bits per heavy atom. The lowest BCUT2D eigenvalue weighted by atomic mass is 10.2. The van der Waals surface area contributed by atoms with Crippen LogP contribution in [0, 0.1) is 0 Å². The number of benzene rings is 1. The predicted molar refractivity (Wildman–Crippen MR) is 81.5 cm³/mol. The predicted octanol–water partition coefficient (Wildman–Crippen LogP) is 1.67. The number of urea groups is 1. The lowest BCUT2D eigenvalue weighted by Gasteiger charge is -2.17. The first-order valence-corrected chi connectivity index (χ1v) is 7.04. The number of imide groups is 1. The molecule has 1 unspecified atom stereocenters. The van der Waals surface area contributed by atoms with Crippen molar-refractivity contribution in [3.05, 3.63) is 28.8 Å². The summed E-state index contributed by atoms with van der Waals surface area (Å²) in [7, 11) is 1.80. The van der Waals surface area contributed by atoms with Crippen molar-refractivity contribution < 1.29 is 14.3 Å². The summed E-state index contributed by atoms with van der Waals surface area (Å²) in [6.45, 7) is 4.34. The molecular weight excluding hydrogens is 294 g/mol. The molecule has 1 aromatic rings. The minimum atomic E-state index is -0.801. The standard InChI is InChI=1S/C14H20ClN3O3/c1-4-17-14(20)18-13(19)9(2)21-12-6-5-11(15)7-10(12)8-16-3/h5-7,9,16H,4,8H2,1-3H3,(H2,17,18,19,20). The third-order valence-electron chi connectivity index (χ3n) is 2.64. The fourth-order valence-electron chi connectivity index (χ4n) is 1.65. The van der Waals surface area contributed by atoms with Gasteiger partial charge < -0.3 is 15.4 Å². The Bertz CT molecular complexity index is 508. The first-order chi connectivity index (χ1) is 9.97. The number of hydrogen-bond acceptors (Lipinski definition) is 4. The van der Waals surface area contributed by atoms with Crippen LogP contribution in [0.2, 0.25) is 5.02 Å². The van der Waals surface area contributed by atoms with Crippen LogP contribution in [0.3, 0.4) is 0 Å². The summed E-state index contributed by atoms with van der Waals surface area (Å²) < 4.78 is 5.60. The zero-order valence-electron chi connectivity index (χ0n) is 12.3. The average molecular weight is 314 g/mol. The zero-order chi connectivity index (χ0) is 15.8. The molecule has 7 heteroatoms. The maximum Gasteiger partial charge on any atom is 0.321 e. The number of carbonyl (C=O) groups is 2. The van der Waals surface area contributed by atoms with E-state index < -0.39 is 18.0 Å². The second-order valence-corrected chi connectivity index (χ2v) is 4.83. The normalized spacial score (nSPS) is 11.6. The number of rotatable bonds is 6. The van der Waals surface area contributed by atoms with Gasteiger partial charge in [0, 0.05) is 23.7 Å². The van der Waals surface area contributed by atoms with Crippen LogP contribution in [0.1, 0.15) is 19.4 Å². The minimum Gasteiger partial charge on any atom is -0.481 e. The van der Waals surface area contributed by atoms with E-state index in [4.69, 9.17) is 16.3 Å². The van der Waals surface area contributed by atoms with Crippen LogP contribution in [0.5, 0.6) is 5.75 Å². The second kappa shape index (κ2) is 8.49. The number of hydrogen-bond donors (Lipinski definition) is 3. The van der Waals surface area contributed by atoms with Gasteiger partial charge in [0.25, 0.3) is 5.91 Å². The minimum absolute atomic E-state index is 0.442. The lowest BCUT2D eigenvalue weighted by molar-refractivity contribution is -0.126. The summed E-state index contributed by atoms with van der Waals surface area (Å²) in [4.78, 5) is 23.1. The number of carbonyl (C=O) groups excluding carboxylic acids is 2. The van der Waals surface area contributed by atoms with Crippen LogP contribution < -0.4 is 20.7 Å². The molecule has 0 fully saturated rings. The number of nitrogens with one attached hydrogen (secondary N) is 3. The molecule has 0 aliphatic rings. The van der Waals surface area contributed by atoms with E-state index in [-0.39, 0.29) is 0 Å². The highest BCUT2D eigenvalue weighted by molar-refractivity contribution is 6.30. The molecule has 3 N–H and O–H groups in total. The molecule has 0 saturated heterocycles. The van der Waals surface area contributed by atoms with Gasteiger partial charge in [-0.3, -0.25) is 10.1 Å². The zero-order valence-corrected chi connectivity index (χ0v) is 13.1. The molecule has 0 saturated carbocycles. The molecular formula is C14H20ClN3O3. The summed E-state index contributed by atoms with van der Waals surface area (Å²) in [6, 6.07) is 4.61. The van der Waals surface area contributed by atoms with Crippen molar-refractivity contribution in [1.82, 2.24) is 16.0 Å². The first kappa shape index (κ1) is 17.3. The number of amides is 3. The Morgan fingerprint density at radius 1 is 1.38 bits per heavy atom. The summed E-state index contributed by atoms with van der Waals surface area (Å²) in [6.07, 6.45) is -0.801. The van der Waals surface area contributed by atoms with Crippen LogP contribution in [-0.2, 0) is 11.3 Å². The van der Waals surface area contributed by atoms with Crippen LogP contribution in [-0.4, -0.2) is 31.6 Å². The Balaban J connectivity index is 2.71. The summed E-state index contributed by atoms with van der Waals surface area (Å²) in [5.74, 6) is 0.0404. The highest BCUT2D eigenvalue weighted by Crippen LogP contribution is 2.23. The van der Waals surface area contributed by atoms with Gasteiger partial charge in [0.1, 0.15) is 5.75 Å². The van der Waals surface area contributed by atoms with Crippen LogP contribution >= 0.6 is 11.6 Å². The molecule has 0 bridgehead atoms.